The number of nitrogens with zero attached hydrogens (tertiary/aromatic N) is 3. The van der Waals surface area contributed by atoms with Crippen molar-refractivity contribution >= 4 is 29.3 Å². The Morgan fingerprint density at radius 1 is 0.947 bits per heavy atom. The lowest BCUT2D eigenvalue weighted by Crippen LogP contribution is -2.24. The Labute approximate surface area is 226 Å². The Balaban J connectivity index is 1.54. The number of anilines is 1. The largest absolute Gasteiger partial charge is 0.497 e. The standard InChI is InChI=1S/C29H31N5O3S/c1-18-9-10-20(3)24(15-18)31-27(35)17-38-29-33-32-26(34(29)25-8-6-7-19(2)21(25)4)16-30-28(36)22-11-13-23(37-5)14-12-22/h6-15H,16-17H2,1-5H3,(H,30,36)(H,31,35). The van der Waals surface area contributed by atoms with Gasteiger partial charge in [0.15, 0.2) is 11.0 Å². The van der Waals surface area contributed by atoms with Crippen molar-refractivity contribution in [2.45, 2.75) is 39.4 Å². The molecule has 0 bridgehead atoms. The summed E-state index contributed by atoms with van der Waals surface area (Å²) < 4.78 is 7.08. The monoisotopic (exact) mass is 529 g/mol. The van der Waals surface area contributed by atoms with Crippen molar-refractivity contribution in [1.82, 2.24) is 20.1 Å². The number of carbonyl (C=O) groups is 2. The predicted octanol–water partition coefficient (Wildman–Crippen LogP) is 5.17. The number of aryl methyl sites for hydroxylation is 3. The lowest BCUT2D eigenvalue weighted by atomic mass is 10.1. The van der Waals surface area contributed by atoms with Crippen LogP contribution in [0.25, 0.3) is 5.69 Å². The Morgan fingerprint density at radius 2 is 1.71 bits per heavy atom. The van der Waals surface area contributed by atoms with Crippen LogP contribution in [-0.2, 0) is 11.3 Å². The van der Waals surface area contributed by atoms with Crippen LogP contribution in [0, 0.1) is 27.7 Å². The molecule has 1 heterocycles. The number of rotatable bonds is 9. The number of thioether (sulfide) groups is 1. The SMILES string of the molecule is COc1ccc(C(=O)NCc2nnc(SCC(=O)Nc3cc(C)ccc3C)n2-c2cccc(C)c2C)cc1. The summed E-state index contributed by atoms with van der Waals surface area (Å²) in [4.78, 5) is 25.6. The Morgan fingerprint density at radius 3 is 2.45 bits per heavy atom. The first-order valence-electron chi connectivity index (χ1n) is 12.2. The van der Waals surface area contributed by atoms with Crippen molar-refractivity contribution in [1.29, 1.82) is 0 Å². The third-order valence-corrected chi connectivity index (χ3v) is 7.21. The molecule has 196 valence electrons. The van der Waals surface area contributed by atoms with E-state index < -0.39 is 0 Å². The number of ether oxygens (including phenoxy) is 1. The molecule has 8 nitrogen and oxygen atoms in total. The maximum atomic E-state index is 12.8. The summed E-state index contributed by atoms with van der Waals surface area (Å²) in [6, 6.07) is 18.9. The number of carbonyl (C=O) groups excluding carboxylic acids is 2. The lowest BCUT2D eigenvalue weighted by molar-refractivity contribution is -0.113. The van der Waals surface area contributed by atoms with Crippen LogP contribution >= 0.6 is 11.8 Å². The molecule has 4 aromatic rings. The number of nitrogens with one attached hydrogen (secondary N) is 2. The summed E-state index contributed by atoms with van der Waals surface area (Å²) in [6.45, 7) is 8.20. The zero-order valence-electron chi connectivity index (χ0n) is 22.2. The van der Waals surface area contributed by atoms with E-state index in [1.807, 2.05) is 68.7 Å². The molecule has 1 aromatic heterocycles. The van der Waals surface area contributed by atoms with E-state index in [-0.39, 0.29) is 24.1 Å². The minimum atomic E-state index is -0.231. The molecule has 0 aliphatic heterocycles. The van der Waals surface area contributed by atoms with Gasteiger partial charge in [0.05, 0.1) is 25.1 Å². The van der Waals surface area contributed by atoms with Crippen LogP contribution in [0.5, 0.6) is 5.75 Å². The molecule has 2 N–H and O–H groups in total. The maximum Gasteiger partial charge on any atom is 0.251 e. The van der Waals surface area contributed by atoms with Crippen molar-refractivity contribution in [3.8, 4) is 11.4 Å². The van der Waals surface area contributed by atoms with Gasteiger partial charge >= 0.3 is 0 Å². The van der Waals surface area contributed by atoms with Crippen molar-refractivity contribution in [3.63, 3.8) is 0 Å². The fourth-order valence-electron chi connectivity index (χ4n) is 3.92. The molecule has 2 amide bonds. The maximum absolute atomic E-state index is 12.8. The highest BCUT2D eigenvalue weighted by molar-refractivity contribution is 7.99. The van der Waals surface area contributed by atoms with E-state index in [2.05, 4.69) is 20.8 Å². The molecular weight excluding hydrogens is 498 g/mol. The predicted molar refractivity (Wildman–Crippen MR) is 150 cm³/mol. The number of hydrogen-bond donors (Lipinski definition) is 2. The topological polar surface area (TPSA) is 98.1 Å². The minimum Gasteiger partial charge on any atom is -0.497 e. The molecule has 0 fully saturated rings. The molecule has 0 radical (unpaired) electrons. The van der Waals surface area contributed by atoms with Crippen molar-refractivity contribution in [2.75, 3.05) is 18.2 Å². The molecule has 0 spiro atoms. The van der Waals surface area contributed by atoms with Gasteiger partial charge in [0.25, 0.3) is 5.91 Å². The smallest absolute Gasteiger partial charge is 0.251 e. The molecule has 0 saturated carbocycles. The van der Waals surface area contributed by atoms with Crippen LogP contribution in [0.4, 0.5) is 5.69 Å². The van der Waals surface area contributed by atoms with Crippen LogP contribution in [0.2, 0.25) is 0 Å². The van der Waals surface area contributed by atoms with Crippen LogP contribution < -0.4 is 15.4 Å². The number of hydrogen-bond acceptors (Lipinski definition) is 6. The Bertz CT molecular complexity index is 1460. The van der Waals surface area contributed by atoms with E-state index in [4.69, 9.17) is 4.74 Å². The van der Waals surface area contributed by atoms with Crippen LogP contribution in [-0.4, -0.2) is 39.4 Å². The van der Waals surface area contributed by atoms with E-state index >= 15 is 0 Å². The summed E-state index contributed by atoms with van der Waals surface area (Å²) in [7, 11) is 1.58. The quantitative estimate of drug-likeness (QED) is 0.290. The van der Waals surface area contributed by atoms with Gasteiger partial charge in [-0.2, -0.15) is 0 Å². The Hall–Kier alpha value is -4.11. The zero-order valence-corrected chi connectivity index (χ0v) is 23.0. The molecule has 0 unspecified atom stereocenters. The van der Waals surface area contributed by atoms with Gasteiger partial charge in [-0.1, -0.05) is 36.0 Å². The molecule has 0 atom stereocenters. The highest BCUT2D eigenvalue weighted by Crippen LogP contribution is 2.26. The normalized spacial score (nSPS) is 10.8. The van der Waals surface area contributed by atoms with E-state index in [0.717, 1.165) is 33.6 Å². The molecule has 38 heavy (non-hydrogen) atoms. The first kappa shape index (κ1) is 26.9. The molecule has 0 aliphatic carbocycles. The van der Waals surface area contributed by atoms with Gasteiger partial charge in [-0.15, -0.1) is 10.2 Å². The molecular formula is C29H31N5O3S. The van der Waals surface area contributed by atoms with E-state index in [1.54, 1.807) is 31.4 Å². The summed E-state index contributed by atoms with van der Waals surface area (Å²) in [6.07, 6.45) is 0. The van der Waals surface area contributed by atoms with Crippen molar-refractivity contribution < 1.29 is 14.3 Å². The fraction of sp³-hybridized carbons (Fsp3) is 0.241. The third-order valence-electron chi connectivity index (χ3n) is 6.28. The average Bonchev–Trinajstić information content (AvgIpc) is 3.32. The van der Waals surface area contributed by atoms with Gasteiger partial charge in [0.2, 0.25) is 5.91 Å². The summed E-state index contributed by atoms with van der Waals surface area (Å²) in [5.74, 6) is 1.05. The zero-order chi connectivity index (χ0) is 27.2. The van der Waals surface area contributed by atoms with Gasteiger partial charge in [-0.25, -0.2) is 0 Å². The third kappa shape index (κ3) is 6.23. The summed E-state index contributed by atoms with van der Waals surface area (Å²) in [5.41, 5.74) is 6.48. The summed E-state index contributed by atoms with van der Waals surface area (Å²) in [5, 5.41) is 15.2. The lowest BCUT2D eigenvalue weighted by Gasteiger charge is -2.15. The van der Waals surface area contributed by atoms with Crippen LogP contribution in [0.15, 0.2) is 65.8 Å². The van der Waals surface area contributed by atoms with E-state index in [0.29, 0.717) is 22.3 Å². The van der Waals surface area contributed by atoms with Gasteiger partial charge < -0.3 is 15.4 Å². The van der Waals surface area contributed by atoms with E-state index in [9.17, 15) is 9.59 Å². The molecule has 0 saturated heterocycles. The molecule has 4 rings (SSSR count). The van der Waals surface area contributed by atoms with Gasteiger partial charge in [-0.3, -0.25) is 14.2 Å². The first-order valence-corrected chi connectivity index (χ1v) is 13.2. The van der Waals surface area contributed by atoms with Crippen LogP contribution in [0.1, 0.15) is 38.4 Å². The highest BCUT2D eigenvalue weighted by atomic mass is 32.2. The minimum absolute atomic E-state index is 0.131. The summed E-state index contributed by atoms with van der Waals surface area (Å²) >= 11 is 1.30. The second kappa shape index (κ2) is 12.0. The highest BCUT2D eigenvalue weighted by Gasteiger charge is 2.19. The Kier molecular flexibility index (Phi) is 8.48. The number of amides is 2. The second-order valence-electron chi connectivity index (χ2n) is 9.02. The molecule has 9 heteroatoms. The van der Waals surface area contributed by atoms with E-state index in [1.165, 1.54) is 11.8 Å². The number of aromatic nitrogens is 3. The second-order valence-corrected chi connectivity index (χ2v) is 9.96. The fourth-order valence-corrected chi connectivity index (χ4v) is 4.68. The van der Waals surface area contributed by atoms with Gasteiger partial charge in [-0.05, 0) is 86.3 Å². The molecule has 0 aliphatic rings. The first-order chi connectivity index (χ1) is 18.3. The number of benzene rings is 3. The number of methoxy groups -OCH3 is 1. The van der Waals surface area contributed by atoms with Gasteiger partial charge in [0, 0.05) is 11.3 Å². The van der Waals surface area contributed by atoms with Crippen molar-refractivity contribution in [3.05, 3.63) is 94.3 Å². The van der Waals surface area contributed by atoms with Crippen molar-refractivity contribution in [2.24, 2.45) is 0 Å². The van der Waals surface area contributed by atoms with Gasteiger partial charge in [0.1, 0.15) is 5.75 Å². The molecule has 3 aromatic carbocycles. The average molecular weight is 530 g/mol. The van der Waals surface area contributed by atoms with Crippen LogP contribution in [0.3, 0.4) is 0 Å².